The van der Waals surface area contributed by atoms with Crippen molar-refractivity contribution < 1.29 is 24.5 Å². The number of aromatic nitrogens is 1. The van der Waals surface area contributed by atoms with Crippen LogP contribution in [-0.2, 0) is 14.3 Å². The number of carbonyl (C=O) groups excluding carboxylic acids is 1. The standard InChI is InChI=1S/C14H13NO5/c16-6-10-11(12(13(17)18)14(19)20-10)8-5-15-9-4-2-1-3-7(8)9/h1-5,10-12,15-16H,6H2,(H,17,18)/t10-,11+,12+/m1/s1. The molecule has 1 aromatic carbocycles. The minimum atomic E-state index is -1.29. The van der Waals surface area contributed by atoms with Crippen LogP contribution in [-0.4, -0.2) is 39.8 Å². The highest BCUT2D eigenvalue weighted by Gasteiger charge is 2.50. The number of fused-ring (bicyclic) bond motifs is 1. The third kappa shape index (κ3) is 1.77. The van der Waals surface area contributed by atoms with Crippen LogP contribution in [0.15, 0.2) is 30.5 Å². The van der Waals surface area contributed by atoms with Crippen LogP contribution in [0.1, 0.15) is 11.5 Å². The summed E-state index contributed by atoms with van der Waals surface area (Å²) < 4.78 is 4.99. The number of aromatic amines is 1. The second kappa shape index (κ2) is 4.64. The molecule has 1 aliphatic rings. The summed E-state index contributed by atoms with van der Waals surface area (Å²) in [6.07, 6.45) is 0.846. The Morgan fingerprint density at radius 3 is 2.80 bits per heavy atom. The zero-order valence-electron chi connectivity index (χ0n) is 10.4. The number of hydrogen-bond acceptors (Lipinski definition) is 4. The molecular weight excluding hydrogens is 262 g/mol. The first-order valence-corrected chi connectivity index (χ1v) is 6.23. The SMILES string of the molecule is O=C(O)[C@H]1C(=O)O[C@H](CO)[C@@H]1c1c[nH]c2ccccc12. The molecule has 0 radical (unpaired) electrons. The van der Waals surface area contributed by atoms with Gasteiger partial charge in [-0.05, 0) is 11.6 Å². The molecule has 0 spiro atoms. The molecule has 3 N–H and O–H groups in total. The Morgan fingerprint density at radius 1 is 1.35 bits per heavy atom. The third-order valence-corrected chi connectivity index (χ3v) is 3.71. The number of H-pyrrole nitrogens is 1. The zero-order chi connectivity index (χ0) is 14.3. The van der Waals surface area contributed by atoms with Crippen molar-refractivity contribution in [3.05, 3.63) is 36.0 Å². The van der Waals surface area contributed by atoms with Gasteiger partial charge in [0, 0.05) is 23.0 Å². The molecule has 0 saturated carbocycles. The molecule has 0 aliphatic carbocycles. The Balaban J connectivity index is 2.14. The van der Waals surface area contributed by atoms with Gasteiger partial charge in [-0.1, -0.05) is 18.2 Å². The Morgan fingerprint density at radius 2 is 2.10 bits per heavy atom. The molecule has 0 amide bonds. The molecular formula is C14H13NO5. The lowest BCUT2D eigenvalue weighted by molar-refractivity contribution is -0.153. The Labute approximate surface area is 114 Å². The number of para-hydroxylation sites is 1. The van der Waals surface area contributed by atoms with E-state index in [4.69, 9.17) is 4.74 Å². The Bertz CT molecular complexity index is 677. The molecule has 104 valence electrons. The topological polar surface area (TPSA) is 99.6 Å². The highest BCUT2D eigenvalue weighted by molar-refractivity contribution is 5.98. The van der Waals surface area contributed by atoms with Crippen LogP contribution in [0, 0.1) is 5.92 Å². The number of benzene rings is 1. The van der Waals surface area contributed by atoms with E-state index in [0.717, 1.165) is 10.9 Å². The van der Waals surface area contributed by atoms with E-state index in [1.165, 1.54) is 0 Å². The van der Waals surface area contributed by atoms with E-state index in [1.807, 2.05) is 24.3 Å². The van der Waals surface area contributed by atoms with Gasteiger partial charge in [-0.25, -0.2) is 0 Å². The fraction of sp³-hybridized carbons (Fsp3) is 0.286. The lowest BCUT2D eigenvalue weighted by Gasteiger charge is -2.17. The number of aliphatic carboxylic acids is 1. The number of nitrogens with one attached hydrogen (secondary N) is 1. The fourth-order valence-electron chi connectivity index (χ4n) is 2.81. The summed E-state index contributed by atoms with van der Waals surface area (Å²) in [4.78, 5) is 26.1. The zero-order valence-corrected chi connectivity index (χ0v) is 10.4. The molecule has 1 aromatic heterocycles. The third-order valence-electron chi connectivity index (χ3n) is 3.71. The monoisotopic (exact) mass is 275 g/mol. The van der Waals surface area contributed by atoms with Gasteiger partial charge in [0.2, 0.25) is 0 Å². The summed E-state index contributed by atoms with van der Waals surface area (Å²) in [5.41, 5.74) is 1.53. The van der Waals surface area contributed by atoms with Gasteiger partial charge in [-0.3, -0.25) is 9.59 Å². The first-order chi connectivity index (χ1) is 9.63. The number of carbonyl (C=O) groups is 2. The molecule has 6 heteroatoms. The molecule has 20 heavy (non-hydrogen) atoms. The summed E-state index contributed by atoms with van der Waals surface area (Å²) in [5, 5.41) is 19.4. The number of ether oxygens (including phenoxy) is 1. The predicted molar refractivity (Wildman–Crippen MR) is 69.1 cm³/mol. The van der Waals surface area contributed by atoms with Gasteiger partial charge in [-0.2, -0.15) is 0 Å². The quantitative estimate of drug-likeness (QED) is 0.570. The molecule has 0 bridgehead atoms. The lowest BCUT2D eigenvalue weighted by atomic mass is 9.84. The van der Waals surface area contributed by atoms with Gasteiger partial charge in [-0.15, -0.1) is 0 Å². The number of cyclic esters (lactones) is 1. The van der Waals surface area contributed by atoms with E-state index in [2.05, 4.69) is 4.98 Å². The molecule has 1 fully saturated rings. The second-order valence-electron chi connectivity index (χ2n) is 4.79. The molecule has 6 nitrogen and oxygen atoms in total. The molecule has 1 saturated heterocycles. The normalized spacial score (nSPS) is 25.9. The minimum absolute atomic E-state index is 0.403. The number of carboxylic acids is 1. The van der Waals surface area contributed by atoms with Crippen molar-refractivity contribution in [1.82, 2.24) is 4.98 Å². The van der Waals surface area contributed by atoms with E-state index in [9.17, 15) is 19.8 Å². The van der Waals surface area contributed by atoms with Crippen molar-refractivity contribution in [3.8, 4) is 0 Å². The largest absolute Gasteiger partial charge is 0.481 e. The summed E-state index contributed by atoms with van der Waals surface area (Å²) in [7, 11) is 0. The maximum absolute atomic E-state index is 11.7. The van der Waals surface area contributed by atoms with Crippen molar-refractivity contribution in [3.63, 3.8) is 0 Å². The summed E-state index contributed by atoms with van der Waals surface area (Å²) in [6, 6.07) is 7.40. The highest BCUT2D eigenvalue weighted by Crippen LogP contribution is 2.40. The van der Waals surface area contributed by atoms with E-state index in [-0.39, 0.29) is 0 Å². The van der Waals surface area contributed by atoms with Gasteiger partial charge in [0.1, 0.15) is 6.10 Å². The Hall–Kier alpha value is -2.34. The van der Waals surface area contributed by atoms with E-state index in [0.29, 0.717) is 5.56 Å². The number of aliphatic hydroxyl groups excluding tert-OH is 1. The number of rotatable bonds is 3. The van der Waals surface area contributed by atoms with Gasteiger partial charge < -0.3 is 19.9 Å². The smallest absolute Gasteiger partial charge is 0.321 e. The minimum Gasteiger partial charge on any atom is -0.481 e. The second-order valence-corrected chi connectivity index (χ2v) is 4.79. The molecule has 2 heterocycles. The van der Waals surface area contributed by atoms with Crippen molar-refractivity contribution in [1.29, 1.82) is 0 Å². The Kier molecular flexibility index (Phi) is 2.94. The van der Waals surface area contributed by atoms with Gasteiger partial charge in [0.25, 0.3) is 0 Å². The van der Waals surface area contributed by atoms with Crippen molar-refractivity contribution in [2.24, 2.45) is 5.92 Å². The fourth-order valence-corrected chi connectivity index (χ4v) is 2.81. The van der Waals surface area contributed by atoms with E-state index < -0.39 is 36.5 Å². The van der Waals surface area contributed by atoms with Crippen molar-refractivity contribution >= 4 is 22.8 Å². The van der Waals surface area contributed by atoms with Crippen molar-refractivity contribution in [2.75, 3.05) is 6.61 Å². The first-order valence-electron chi connectivity index (χ1n) is 6.23. The average molecular weight is 275 g/mol. The van der Waals surface area contributed by atoms with Gasteiger partial charge in [0.15, 0.2) is 5.92 Å². The number of carboxylic acid groups (broad SMARTS) is 1. The van der Waals surface area contributed by atoms with Crippen LogP contribution in [0.5, 0.6) is 0 Å². The predicted octanol–water partition coefficient (Wildman–Crippen LogP) is 0.870. The average Bonchev–Trinajstić information content (AvgIpc) is 2.98. The first kappa shape index (κ1) is 12.7. The molecule has 2 aromatic rings. The van der Waals surface area contributed by atoms with E-state index in [1.54, 1.807) is 6.20 Å². The van der Waals surface area contributed by atoms with Crippen LogP contribution < -0.4 is 0 Å². The van der Waals surface area contributed by atoms with Gasteiger partial charge in [0.05, 0.1) is 6.61 Å². The maximum atomic E-state index is 11.7. The summed E-state index contributed by atoms with van der Waals surface area (Å²) in [5.74, 6) is -4.01. The van der Waals surface area contributed by atoms with E-state index >= 15 is 0 Å². The van der Waals surface area contributed by atoms with Crippen LogP contribution >= 0.6 is 0 Å². The molecule has 3 rings (SSSR count). The number of hydrogen-bond donors (Lipinski definition) is 3. The van der Waals surface area contributed by atoms with Crippen LogP contribution in [0.2, 0.25) is 0 Å². The van der Waals surface area contributed by atoms with Gasteiger partial charge >= 0.3 is 11.9 Å². The summed E-state index contributed by atoms with van der Waals surface area (Å²) in [6.45, 7) is -0.403. The van der Waals surface area contributed by atoms with Crippen LogP contribution in [0.25, 0.3) is 10.9 Å². The molecule has 1 aliphatic heterocycles. The lowest BCUT2D eigenvalue weighted by Crippen LogP contribution is -2.27. The van der Waals surface area contributed by atoms with Crippen LogP contribution in [0.4, 0.5) is 0 Å². The molecule has 0 unspecified atom stereocenters. The van der Waals surface area contributed by atoms with Crippen LogP contribution in [0.3, 0.4) is 0 Å². The maximum Gasteiger partial charge on any atom is 0.321 e. The number of esters is 1. The summed E-state index contributed by atoms with van der Waals surface area (Å²) >= 11 is 0. The molecule has 3 atom stereocenters. The number of aliphatic hydroxyl groups is 1. The van der Waals surface area contributed by atoms with Crippen molar-refractivity contribution in [2.45, 2.75) is 12.0 Å². The highest BCUT2D eigenvalue weighted by atomic mass is 16.6.